The number of nitrogens with two attached hydrogens (primary N) is 1. The van der Waals surface area contributed by atoms with Gasteiger partial charge in [-0.1, -0.05) is 13.8 Å². The van der Waals surface area contributed by atoms with Crippen molar-refractivity contribution in [3.05, 3.63) is 22.8 Å². The van der Waals surface area contributed by atoms with Gasteiger partial charge in [0.1, 0.15) is 5.82 Å². The zero-order chi connectivity index (χ0) is 14.7. The molecule has 0 radical (unpaired) electrons. The van der Waals surface area contributed by atoms with Crippen molar-refractivity contribution in [2.24, 2.45) is 11.7 Å². The minimum absolute atomic E-state index is 0. The number of carbonyl (C=O) groups excluding carboxylic acids is 1. The fraction of sp³-hybridized carbons (Fsp3) is 0.571. The molecule has 5 nitrogen and oxygen atoms in total. The van der Waals surface area contributed by atoms with E-state index in [0.29, 0.717) is 13.1 Å². The molecule has 7 heteroatoms. The van der Waals surface area contributed by atoms with Crippen LogP contribution in [0.1, 0.15) is 13.8 Å². The molecule has 0 aromatic carbocycles. The van der Waals surface area contributed by atoms with Crippen LogP contribution in [0.15, 0.2) is 22.8 Å². The summed E-state index contributed by atoms with van der Waals surface area (Å²) in [6.07, 6.45) is 1.79. The van der Waals surface area contributed by atoms with Crippen molar-refractivity contribution >= 4 is 40.1 Å². The topological polar surface area (TPSA) is 62.5 Å². The summed E-state index contributed by atoms with van der Waals surface area (Å²) in [5.41, 5.74) is 5.93. The molecule has 2 rings (SSSR count). The number of hydrogen-bond acceptors (Lipinski definition) is 4. The van der Waals surface area contributed by atoms with E-state index in [0.717, 1.165) is 23.4 Å². The Kier molecular flexibility index (Phi) is 6.90. The van der Waals surface area contributed by atoms with E-state index in [1.807, 2.05) is 30.9 Å². The Morgan fingerprint density at radius 3 is 2.38 bits per heavy atom. The molecule has 0 bridgehead atoms. The number of carbonyl (C=O) groups is 1. The van der Waals surface area contributed by atoms with E-state index >= 15 is 0 Å². The van der Waals surface area contributed by atoms with Crippen LogP contribution in [0.25, 0.3) is 0 Å². The van der Waals surface area contributed by atoms with Gasteiger partial charge in [0.15, 0.2) is 0 Å². The van der Waals surface area contributed by atoms with E-state index in [9.17, 15) is 4.79 Å². The van der Waals surface area contributed by atoms with Crippen LogP contribution in [0.3, 0.4) is 0 Å². The lowest BCUT2D eigenvalue weighted by molar-refractivity contribution is -0.133. The normalized spacial score (nSPS) is 16.6. The quantitative estimate of drug-likeness (QED) is 0.874. The summed E-state index contributed by atoms with van der Waals surface area (Å²) in [6.45, 7) is 6.96. The number of halogens is 2. The summed E-state index contributed by atoms with van der Waals surface area (Å²) < 4.78 is 0.970. The number of nitrogens with zero attached hydrogens (tertiary/aromatic N) is 3. The Morgan fingerprint density at radius 1 is 1.29 bits per heavy atom. The monoisotopic (exact) mass is 376 g/mol. The number of piperazine rings is 1. The van der Waals surface area contributed by atoms with Crippen molar-refractivity contribution in [2.75, 3.05) is 31.1 Å². The van der Waals surface area contributed by atoms with Gasteiger partial charge in [0, 0.05) is 36.8 Å². The molecule has 1 saturated heterocycles. The number of rotatable bonds is 3. The van der Waals surface area contributed by atoms with E-state index in [4.69, 9.17) is 5.73 Å². The largest absolute Gasteiger partial charge is 0.353 e. The van der Waals surface area contributed by atoms with Crippen LogP contribution < -0.4 is 10.6 Å². The van der Waals surface area contributed by atoms with Gasteiger partial charge in [-0.25, -0.2) is 4.98 Å². The molecule has 1 aliphatic rings. The lowest BCUT2D eigenvalue weighted by Gasteiger charge is -2.37. The molecule has 2 N–H and O–H groups in total. The van der Waals surface area contributed by atoms with E-state index in [2.05, 4.69) is 25.8 Å². The van der Waals surface area contributed by atoms with E-state index in [-0.39, 0.29) is 24.2 Å². The van der Waals surface area contributed by atoms with Crippen molar-refractivity contribution < 1.29 is 4.79 Å². The van der Waals surface area contributed by atoms with E-state index < -0.39 is 6.04 Å². The maximum absolute atomic E-state index is 12.2. The fourth-order valence-corrected chi connectivity index (χ4v) is 2.44. The van der Waals surface area contributed by atoms with Gasteiger partial charge in [0.25, 0.3) is 0 Å². The highest BCUT2D eigenvalue weighted by Crippen LogP contribution is 2.17. The van der Waals surface area contributed by atoms with Crippen molar-refractivity contribution in [3.8, 4) is 0 Å². The smallest absolute Gasteiger partial charge is 0.239 e. The van der Waals surface area contributed by atoms with Crippen LogP contribution >= 0.6 is 28.3 Å². The second-order valence-electron chi connectivity index (χ2n) is 5.42. The Bertz CT molecular complexity index is 461. The Hall–Kier alpha value is -0.850. The third-order valence-electron chi connectivity index (χ3n) is 3.63. The molecule has 1 aliphatic heterocycles. The molecule has 21 heavy (non-hydrogen) atoms. The molecule has 1 amide bonds. The first-order chi connectivity index (χ1) is 9.49. The van der Waals surface area contributed by atoms with Crippen LogP contribution in [-0.2, 0) is 4.79 Å². The van der Waals surface area contributed by atoms with Gasteiger partial charge in [-0.3, -0.25) is 4.79 Å². The summed E-state index contributed by atoms with van der Waals surface area (Å²) >= 11 is 3.38. The number of hydrogen-bond donors (Lipinski definition) is 1. The molecule has 0 saturated carbocycles. The summed E-state index contributed by atoms with van der Waals surface area (Å²) in [5.74, 6) is 1.19. The summed E-state index contributed by atoms with van der Waals surface area (Å²) in [6, 6.07) is 3.57. The van der Waals surface area contributed by atoms with Crippen LogP contribution in [0.2, 0.25) is 0 Å². The van der Waals surface area contributed by atoms with Crippen molar-refractivity contribution in [3.63, 3.8) is 0 Å². The highest BCUT2D eigenvalue weighted by molar-refractivity contribution is 9.10. The first-order valence-electron chi connectivity index (χ1n) is 6.90. The second-order valence-corrected chi connectivity index (χ2v) is 6.33. The Morgan fingerprint density at radius 2 is 1.90 bits per heavy atom. The molecular weight excluding hydrogens is 356 g/mol. The van der Waals surface area contributed by atoms with Crippen molar-refractivity contribution in [1.82, 2.24) is 9.88 Å². The predicted molar refractivity (Wildman–Crippen MR) is 90.8 cm³/mol. The van der Waals surface area contributed by atoms with Crippen LogP contribution in [0.5, 0.6) is 0 Å². The zero-order valence-electron chi connectivity index (χ0n) is 12.3. The minimum atomic E-state index is -0.396. The predicted octanol–water partition coefficient (Wildman–Crippen LogP) is 1.90. The third-order valence-corrected chi connectivity index (χ3v) is 4.10. The maximum atomic E-state index is 12.2. The molecule has 2 heterocycles. The lowest BCUT2D eigenvalue weighted by atomic mass is 10.0. The lowest BCUT2D eigenvalue weighted by Crippen LogP contribution is -2.54. The van der Waals surface area contributed by atoms with Gasteiger partial charge in [0.2, 0.25) is 5.91 Å². The molecule has 1 fully saturated rings. The Labute approximate surface area is 140 Å². The standard InChI is InChI=1S/C14H21BrN4O.ClH/c1-10(2)13(16)14(20)19-7-5-18(6-8-19)12-4-3-11(15)9-17-12;/h3-4,9-10,13H,5-8,16H2,1-2H3;1H/t13-;/m0./s1. The van der Waals surface area contributed by atoms with Gasteiger partial charge >= 0.3 is 0 Å². The molecule has 0 aliphatic carbocycles. The molecule has 1 aromatic heterocycles. The first-order valence-corrected chi connectivity index (χ1v) is 7.69. The summed E-state index contributed by atoms with van der Waals surface area (Å²) in [7, 11) is 0. The molecular formula is C14H22BrClN4O. The number of aromatic nitrogens is 1. The van der Waals surface area contributed by atoms with Crippen LogP contribution in [0.4, 0.5) is 5.82 Å². The van der Waals surface area contributed by atoms with Crippen LogP contribution in [-0.4, -0.2) is 48.0 Å². The molecule has 1 aromatic rings. The number of amides is 1. The van der Waals surface area contributed by atoms with Gasteiger partial charge in [-0.05, 0) is 34.0 Å². The van der Waals surface area contributed by atoms with Crippen molar-refractivity contribution in [2.45, 2.75) is 19.9 Å². The zero-order valence-corrected chi connectivity index (χ0v) is 14.7. The summed E-state index contributed by atoms with van der Waals surface area (Å²) in [5, 5.41) is 0. The number of anilines is 1. The molecule has 118 valence electrons. The van der Waals surface area contributed by atoms with Gasteiger partial charge in [-0.15, -0.1) is 12.4 Å². The maximum Gasteiger partial charge on any atom is 0.239 e. The SMILES string of the molecule is CC(C)[C@H](N)C(=O)N1CCN(c2ccc(Br)cn2)CC1.Cl. The molecule has 0 spiro atoms. The Balaban J connectivity index is 0.00000220. The van der Waals surface area contributed by atoms with E-state index in [1.54, 1.807) is 6.20 Å². The van der Waals surface area contributed by atoms with Crippen LogP contribution in [0, 0.1) is 5.92 Å². The molecule has 0 unspecified atom stereocenters. The highest BCUT2D eigenvalue weighted by atomic mass is 79.9. The van der Waals surface area contributed by atoms with Gasteiger partial charge in [0.05, 0.1) is 6.04 Å². The average molecular weight is 378 g/mol. The minimum Gasteiger partial charge on any atom is -0.353 e. The summed E-state index contributed by atoms with van der Waals surface area (Å²) in [4.78, 5) is 20.6. The van der Waals surface area contributed by atoms with E-state index in [1.165, 1.54) is 0 Å². The average Bonchev–Trinajstić information content (AvgIpc) is 2.46. The molecule has 1 atom stereocenters. The second kappa shape index (κ2) is 7.96. The van der Waals surface area contributed by atoms with Crippen molar-refractivity contribution in [1.29, 1.82) is 0 Å². The van der Waals surface area contributed by atoms with Gasteiger partial charge in [-0.2, -0.15) is 0 Å². The number of pyridine rings is 1. The van der Waals surface area contributed by atoms with Gasteiger partial charge < -0.3 is 15.5 Å². The first kappa shape index (κ1) is 18.2. The third kappa shape index (κ3) is 4.56. The fourth-order valence-electron chi connectivity index (χ4n) is 2.21. The highest BCUT2D eigenvalue weighted by Gasteiger charge is 2.27.